The van der Waals surface area contributed by atoms with Gasteiger partial charge < -0.3 is 9.13 Å². The molecule has 2 nitrogen and oxygen atoms in total. The average molecular weight is 687 g/mol. The molecule has 54 heavy (non-hydrogen) atoms. The molecule has 0 bridgehead atoms. The SMILES string of the molecule is c1ccc(-c2ccc(-n3c4ccccc4c4cc(-c5ccc6c(c5)c5ccccc5n6-c5c(-c6ccccc6)ccc6ccccc56)ccc43)cc2)cc1. The molecule has 0 atom stereocenters. The molecule has 0 saturated heterocycles. The monoisotopic (exact) mass is 686 g/mol. The lowest BCUT2D eigenvalue weighted by atomic mass is 9.97. The van der Waals surface area contributed by atoms with Crippen molar-refractivity contribution in [3.8, 4) is 44.8 Å². The van der Waals surface area contributed by atoms with Gasteiger partial charge in [-0.1, -0.05) is 158 Å². The first-order valence-electron chi connectivity index (χ1n) is 18.6. The molecule has 0 amide bonds. The lowest BCUT2D eigenvalue weighted by Crippen LogP contribution is -1.99. The van der Waals surface area contributed by atoms with Crippen molar-refractivity contribution in [1.29, 1.82) is 0 Å². The summed E-state index contributed by atoms with van der Waals surface area (Å²) < 4.78 is 4.88. The summed E-state index contributed by atoms with van der Waals surface area (Å²) in [5, 5.41) is 7.47. The Balaban J connectivity index is 1.09. The maximum absolute atomic E-state index is 2.49. The highest BCUT2D eigenvalue weighted by Crippen LogP contribution is 2.42. The Morgan fingerprint density at radius 2 is 0.722 bits per heavy atom. The predicted molar refractivity (Wildman–Crippen MR) is 229 cm³/mol. The fourth-order valence-corrected chi connectivity index (χ4v) is 8.60. The van der Waals surface area contributed by atoms with Crippen LogP contribution in [0, 0.1) is 0 Å². The highest BCUT2D eigenvalue weighted by atomic mass is 15.0. The summed E-state index contributed by atoms with van der Waals surface area (Å²) in [6, 6.07) is 75.2. The second-order valence-corrected chi connectivity index (χ2v) is 14.1. The van der Waals surface area contributed by atoms with Gasteiger partial charge in [0.25, 0.3) is 0 Å². The molecule has 0 aliphatic carbocycles. The van der Waals surface area contributed by atoms with Crippen molar-refractivity contribution in [3.63, 3.8) is 0 Å². The van der Waals surface area contributed by atoms with Crippen molar-refractivity contribution < 1.29 is 0 Å². The van der Waals surface area contributed by atoms with Crippen molar-refractivity contribution in [2.75, 3.05) is 0 Å². The zero-order valence-corrected chi connectivity index (χ0v) is 29.5. The van der Waals surface area contributed by atoms with E-state index < -0.39 is 0 Å². The molecule has 0 saturated carbocycles. The maximum atomic E-state index is 2.49. The maximum Gasteiger partial charge on any atom is 0.0618 e. The number of hydrogen-bond acceptors (Lipinski definition) is 0. The van der Waals surface area contributed by atoms with Crippen LogP contribution in [0.5, 0.6) is 0 Å². The van der Waals surface area contributed by atoms with Crippen LogP contribution in [-0.2, 0) is 0 Å². The summed E-state index contributed by atoms with van der Waals surface area (Å²) in [5.74, 6) is 0. The number of nitrogens with zero attached hydrogens (tertiary/aromatic N) is 2. The Morgan fingerprint density at radius 1 is 0.259 bits per heavy atom. The molecule has 0 unspecified atom stereocenters. The number of para-hydroxylation sites is 2. The van der Waals surface area contributed by atoms with E-state index in [1.165, 1.54) is 93.5 Å². The molecule has 2 heteroatoms. The normalized spacial score (nSPS) is 11.7. The smallest absolute Gasteiger partial charge is 0.0618 e. The highest BCUT2D eigenvalue weighted by molar-refractivity contribution is 6.14. The van der Waals surface area contributed by atoms with E-state index in [1.54, 1.807) is 0 Å². The van der Waals surface area contributed by atoms with Gasteiger partial charge in [-0.05, 0) is 81.7 Å². The summed E-state index contributed by atoms with van der Waals surface area (Å²) in [6.07, 6.45) is 0. The number of hydrogen-bond donors (Lipinski definition) is 0. The molecule has 0 spiro atoms. The molecule has 252 valence electrons. The number of benzene rings is 9. The molecule has 0 fully saturated rings. The van der Waals surface area contributed by atoms with Crippen molar-refractivity contribution in [2.24, 2.45) is 0 Å². The molecule has 0 N–H and O–H groups in total. The Morgan fingerprint density at radius 3 is 1.37 bits per heavy atom. The van der Waals surface area contributed by atoms with Crippen molar-refractivity contribution in [3.05, 3.63) is 206 Å². The lowest BCUT2D eigenvalue weighted by molar-refractivity contribution is 1.18. The molecule has 11 aromatic rings. The minimum atomic E-state index is 1.16. The molecule has 0 radical (unpaired) electrons. The first-order valence-corrected chi connectivity index (χ1v) is 18.6. The first-order chi connectivity index (χ1) is 26.8. The zero-order valence-electron chi connectivity index (χ0n) is 29.5. The third-order valence-electron chi connectivity index (χ3n) is 11.1. The first kappa shape index (κ1) is 30.5. The zero-order chi connectivity index (χ0) is 35.6. The summed E-state index contributed by atoms with van der Waals surface area (Å²) in [4.78, 5) is 0. The average Bonchev–Trinajstić information content (AvgIpc) is 3.76. The Kier molecular flexibility index (Phi) is 6.90. The third kappa shape index (κ3) is 4.74. The second kappa shape index (κ2) is 12.2. The van der Waals surface area contributed by atoms with Crippen LogP contribution < -0.4 is 0 Å². The summed E-state index contributed by atoms with van der Waals surface area (Å²) in [7, 11) is 0. The molecule has 0 aliphatic heterocycles. The van der Waals surface area contributed by atoms with Gasteiger partial charge >= 0.3 is 0 Å². The quantitative estimate of drug-likeness (QED) is 0.171. The lowest BCUT2D eigenvalue weighted by Gasteiger charge is -2.17. The van der Waals surface area contributed by atoms with E-state index in [9.17, 15) is 0 Å². The van der Waals surface area contributed by atoms with Gasteiger partial charge in [0.2, 0.25) is 0 Å². The molecule has 2 aromatic heterocycles. The molecule has 0 aliphatic rings. The van der Waals surface area contributed by atoms with Crippen LogP contribution in [0.4, 0.5) is 0 Å². The number of fused-ring (bicyclic) bond motifs is 7. The fourth-order valence-electron chi connectivity index (χ4n) is 8.60. The van der Waals surface area contributed by atoms with Crippen LogP contribution in [0.3, 0.4) is 0 Å². The van der Waals surface area contributed by atoms with E-state index in [0.717, 1.165) is 5.69 Å². The van der Waals surface area contributed by atoms with Crippen molar-refractivity contribution in [2.45, 2.75) is 0 Å². The Bertz CT molecular complexity index is 3180. The Hall–Kier alpha value is -7.16. The predicted octanol–water partition coefficient (Wildman–Crippen LogP) is 14.0. The minimum Gasteiger partial charge on any atom is -0.309 e. The second-order valence-electron chi connectivity index (χ2n) is 14.1. The van der Waals surface area contributed by atoms with Crippen molar-refractivity contribution in [1.82, 2.24) is 9.13 Å². The largest absolute Gasteiger partial charge is 0.309 e. The van der Waals surface area contributed by atoms with Gasteiger partial charge in [0, 0.05) is 38.2 Å². The van der Waals surface area contributed by atoms with E-state index in [4.69, 9.17) is 0 Å². The third-order valence-corrected chi connectivity index (χ3v) is 11.1. The standard InChI is InChI=1S/C52H34N2/c1-3-13-35(14-4-1)36-23-28-41(29-24-36)53-48-21-11-9-19-44(48)46-33-39(26-31-50(46)53)40-27-32-51-47(34-40)45-20-10-12-22-49(45)54(51)52-42-18-8-7-17-38(42)25-30-43(52)37-15-5-2-6-16-37/h1-34H. The van der Waals surface area contributed by atoms with Gasteiger partial charge in [-0.2, -0.15) is 0 Å². The van der Waals surface area contributed by atoms with E-state index in [1.807, 2.05) is 0 Å². The van der Waals surface area contributed by atoms with Crippen LogP contribution in [-0.4, -0.2) is 9.13 Å². The van der Waals surface area contributed by atoms with Crippen LogP contribution in [0.1, 0.15) is 0 Å². The van der Waals surface area contributed by atoms with Gasteiger partial charge in [-0.15, -0.1) is 0 Å². The molecular formula is C52H34N2. The van der Waals surface area contributed by atoms with E-state index in [0.29, 0.717) is 0 Å². The summed E-state index contributed by atoms with van der Waals surface area (Å²) in [5.41, 5.74) is 14.5. The van der Waals surface area contributed by atoms with Gasteiger partial charge in [-0.3, -0.25) is 0 Å². The van der Waals surface area contributed by atoms with Crippen molar-refractivity contribution >= 4 is 54.4 Å². The summed E-state index contributed by atoms with van der Waals surface area (Å²) >= 11 is 0. The van der Waals surface area contributed by atoms with E-state index >= 15 is 0 Å². The van der Waals surface area contributed by atoms with Gasteiger partial charge in [0.1, 0.15) is 0 Å². The van der Waals surface area contributed by atoms with E-state index in [-0.39, 0.29) is 0 Å². The summed E-state index contributed by atoms with van der Waals surface area (Å²) in [6.45, 7) is 0. The van der Waals surface area contributed by atoms with Crippen LogP contribution >= 0.6 is 0 Å². The van der Waals surface area contributed by atoms with Crippen LogP contribution in [0.15, 0.2) is 206 Å². The fraction of sp³-hybridized carbons (Fsp3) is 0. The molecular weight excluding hydrogens is 653 g/mol. The number of aromatic nitrogens is 2. The molecule has 2 heterocycles. The topological polar surface area (TPSA) is 9.86 Å². The van der Waals surface area contributed by atoms with Crippen LogP contribution in [0.25, 0.3) is 99.1 Å². The van der Waals surface area contributed by atoms with Gasteiger partial charge in [-0.25, -0.2) is 0 Å². The van der Waals surface area contributed by atoms with Crippen LogP contribution in [0.2, 0.25) is 0 Å². The molecule has 11 rings (SSSR count). The van der Waals surface area contributed by atoms with Gasteiger partial charge in [0.05, 0.1) is 27.8 Å². The molecule has 9 aromatic carbocycles. The Labute approximate surface area is 313 Å². The van der Waals surface area contributed by atoms with E-state index in [2.05, 4.69) is 215 Å². The van der Waals surface area contributed by atoms with Gasteiger partial charge in [0.15, 0.2) is 0 Å². The minimum absolute atomic E-state index is 1.16. The highest BCUT2D eigenvalue weighted by Gasteiger charge is 2.19. The number of rotatable bonds is 5.